The maximum Gasteiger partial charge on any atom is 0.324 e. The number of hydrogen-bond acceptors (Lipinski definition) is 3. The number of carbonyl (C=O) groups excluding carboxylic acids is 2. The lowest BCUT2D eigenvalue weighted by Crippen LogP contribution is -2.55. The molecular formula is C19H28IN3O2. The van der Waals surface area contributed by atoms with Gasteiger partial charge in [-0.15, -0.1) is 24.0 Å². The van der Waals surface area contributed by atoms with Crippen molar-refractivity contribution < 1.29 is 9.59 Å². The van der Waals surface area contributed by atoms with E-state index < -0.39 is 5.54 Å². The van der Waals surface area contributed by atoms with Gasteiger partial charge in [-0.25, -0.2) is 4.79 Å². The minimum atomic E-state index is -0.756. The minimum Gasteiger partial charge on any atom is -0.323 e. The second kappa shape index (κ2) is 8.03. The molecule has 1 N–H and O–H groups in total. The molecule has 6 heteroatoms. The molecule has 2 fully saturated rings. The fraction of sp³-hybridized carbons (Fsp3) is 0.579. The second-order valence-electron chi connectivity index (χ2n) is 7.37. The first-order valence-corrected chi connectivity index (χ1v) is 8.78. The third-order valence-corrected chi connectivity index (χ3v) is 5.58. The molecule has 2 unspecified atom stereocenters. The highest BCUT2D eigenvalue weighted by atomic mass is 127. The molecule has 0 aliphatic carbocycles. The van der Waals surface area contributed by atoms with Gasteiger partial charge in [0, 0.05) is 26.1 Å². The molecule has 2 aliphatic rings. The number of imide groups is 1. The molecular weight excluding hydrogens is 429 g/mol. The van der Waals surface area contributed by atoms with E-state index in [4.69, 9.17) is 0 Å². The van der Waals surface area contributed by atoms with Gasteiger partial charge >= 0.3 is 6.03 Å². The highest BCUT2D eigenvalue weighted by Gasteiger charge is 2.51. The van der Waals surface area contributed by atoms with Crippen LogP contribution < -0.4 is 5.32 Å². The number of likely N-dealkylation sites (tertiary alicyclic amines) is 1. The summed E-state index contributed by atoms with van der Waals surface area (Å²) in [4.78, 5) is 28.0. The number of aryl methyl sites for hydroxylation is 1. The molecule has 2 atom stereocenters. The van der Waals surface area contributed by atoms with Crippen LogP contribution >= 0.6 is 24.0 Å². The molecule has 138 valence electrons. The summed E-state index contributed by atoms with van der Waals surface area (Å²) >= 11 is 0. The van der Waals surface area contributed by atoms with Crippen LogP contribution in [0.4, 0.5) is 4.79 Å². The average molecular weight is 457 g/mol. The number of hydrogen-bond donors (Lipinski definition) is 1. The van der Waals surface area contributed by atoms with Crippen molar-refractivity contribution in [3.8, 4) is 0 Å². The van der Waals surface area contributed by atoms with Crippen LogP contribution in [0.2, 0.25) is 0 Å². The van der Waals surface area contributed by atoms with Crippen LogP contribution in [0, 0.1) is 12.8 Å². The molecule has 0 aromatic heterocycles. The first kappa shape index (κ1) is 20.2. The van der Waals surface area contributed by atoms with Gasteiger partial charge in [0.1, 0.15) is 5.54 Å². The van der Waals surface area contributed by atoms with Gasteiger partial charge in [0.25, 0.3) is 5.91 Å². The molecule has 0 radical (unpaired) electrons. The van der Waals surface area contributed by atoms with E-state index in [0.29, 0.717) is 0 Å². The summed E-state index contributed by atoms with van der Waals surface area (Å²) in [6.07, 6.45) is 3.07. The van der Waals surface area contributed by atoms with E-state index in [1.807, 2.05) is 6.92 Å². The van der Waals surface area contributed by atoms with Gasteiger partial charge in [0.2, 0.25) is 0 Å². The van der Waals surface area contributed by atoms with Gasteiger partial charge in [-0.2, -0.15) is 0 Å². The first-order valence-electron chi connectivity index (χ1n) is 8.78. The van der Waals surface area contributed by atoms with Crippen LogP contribution in [0.3, 0.4) is 0 Å². The monoisotopic (exact) mass is 457 g/mol. The largest absolute Gasteiger partial charge is 0.324 e. The molecule has 1 aromatic carbocycles. The van der Waals surface area contributed by atoms with Gasteiger partial charge in [-0.1, -0.05) is 29.8 Å². The van der Waals surface area contributed by atoms with Crippen LogP contribution in [0.1, 0.15) is 30.9 Å². The number of nitrogens with zero attached hydrogens (tertiary/aromatic N) is 2. The van der Waals surface area contributed by atoms with Crippen molar-refractivity contribution in [1.29, 1.82) is 0 Å². The van der Waals surface area contributed by atoms with Gasteiger partial charge in [0.05, 0.1) is 0 Å². The fourth-order valence-corrected chi connectivity index (χ4v) is 3.85. The maximum absolute atomic E-state index is 12.5. The lowest BCUT2D eigenvalue weighted by atomic mass is 9.80. The molecule has 3 amide bonds. The number of likely N-dealkylation sites (N-methyl/N-ethyl adjacent to an activating group) is 1. The topological polar surface area (TPSA) is 52.7 Å². The van der Waals surface area contributed by atoms with Crippen LogP contribution in [-0.4, -0.2) is 54.0 Å². The lowest BCUT2D eigenvalue weighted by Gasteiger charge is -2.39. The van der Waals surface area contributed by atoms with E-state index in [9.17, 15) is 9.59 Å². The predicted octanol–water partition coefficient (Wildman–Crippen LogP) is 2.81. The third-order valence-electron chi connectivity index (χ3n) is 5.58. The van der Waals surface area contributed by atoms with Crippen LogP contribution in [-0.2, 0) is 11.2 Å². The summed E-state index contributed by atoms with van der Waals surface area (Å²) in [7, 11) is 1.56. The summed E-state index contributed by atoms with van der Waals surface area (Å²) in [6.45, 7) is 6.90. The summed E-state index contributed by atoms with van der Waals surface area (Å²) in [5.74, 6) is 0.0727. The quantitative estimate of drug-likeness (QED) is 0.559. The van der Waals surface area contributed by atoms with Crippen LogP contribution in [0.15, 0.2) is 24.3 Å². The Morgan fingerprint density at radius 3 is 2.52 bits per heavy atom. The Hall–Kier alpha value is -1.15. The van der Waals surface area contributed by atoms with Crippen LogP contribution in [0.25, 0.3) is 0 Å². The highest BCUT2D eigenvalue weighted by molar-refractivity contribution is 14.0. The lowest BCUT2D eigenvalue weighted by molar-refractivity contribution is -0.132. The number of carbonyl (C=O) groups is 2. The third kappa shape index (κ3) is 4.16. The minimum absolute atomic E-state index is 0. The Bertz CT molecular complexity index is 634. The molecule has 25 heavy (non-hydrogen) atoms. The second-order valence-corrected chi connectivity index (χ2v) is 7.37. The number of piperidine rings is 1. The zero-order valence-electron chi connectivity index (χ0n) is 15.2. The fourth-order valence-electron chi connectivity index (χ4n) is 3.85. The Labute approximate surface area is 167 Å². The predicted molar refractivity (Wildman–Crippen MR) is 109 cm³/mol. The zero-order valence-corrected chi connectivity index (χ0v) is 17.6. The number of urea groups is 1. The Balaban J connectivity index is 0.00000225. The summed E-state index contributed by atoms with van der Waals surface area (Å²) in [6, 6.07) is 8.40. The van der Waals surface area contributed by atoms with Crippen molar-refractivity contribution in [2.45, 2.75) is 38.6 Å². The van der Waals surface area contributed by atoms with E-state index in [1.54, 1.807) is 7.05 Å². The summed E-state index contributed by atoms with van der Waals surface area (Å²) in [5.41, 5.74) is 1.87. The summed E-state index contributed by atoms with van der Waals surface area (Å²) < 4.78 is 0. The number of rotatable bonds is 4. The van der Waals surface area contributed by atoms with E-state index in [1.165, 1.54) is 16.0 Å². The smallest absolute Gasteiger partial charge is 0.323 e. The molecule has 5 nitrogen and oxygen atoms in total. The SMILES string of the molecule is Cc1ccc(CCN2CCCC(C3(C)NC(=O)N(C)C3=O)C2)cc1.I. The van der Waals surface area contributed by atoms with Crippen molar-refractivity contribution in [3.05, 3.63) is 35.4 Å². The van der Waals surface area contributed by atoms with Crippen molar-refractivity contribution >= 4 is 35.9 Å². The van der Waals surface area contributed by atoms with Gasteiger partial charge in [0.15, 0.2) is 0 Å². The van der Waals surface area contributed by atoms with E-state index in [0.717, 1.165) is 38.9 Å². The number of amides is 3. The Morgan fingerprint density at radius 2 is 1.92 bits per heavy atom. The van der Waals surface area contributed by atoms with Gasteiger partial charge in [-0.3, -0.25) is 9.69 Å². The zero-order chi connectivity index (χ0) is 17.3. The van der Waals surface area contributed by atoms with Crippen LogP contribution in [0.5, 0.6) is 0 Å². The molecule has 1 aromatic rings. The maximum atomic E-state index is 12.5. The number of halogens is 1. The van der Waals surface area contributed by atoms with E-state index in [-0.39, 0.29) is 41.8 Å². The van der Waals surface area contributed by atoms with Crippen molar-refractivity contribution in [3.63, 3.8) is 0 Å². The van der Waals surface area contributed by atoms with Gasteiger partial charge in [-0.05, 0) is 45.2 Å². The summed E-state index contributed by atoms with van der Waals surface area (Å²) in [5, 5.41) is 2.91. The highest BCUT2D eigenvalue weighted by Crippen LogP contribution is 2.32. The van der Waals surface area contributed by atoms with Crippen molar-refractivity contribution in [1.82, 2.24) is 15.1 Å². The van der Waals surface area contributed by atoms with E-state index >= 15 is 0 Å². The molecule has 0 saturated carbocycles. The van der Waals surface area contributed by atoms with E-state index in [2.05, 4.69) is 41.4 Å². The molecule has 0 spiro atoms. The standard InChI is InChI=1S/C19H27N3O2.HI/c1-14-6-8-15(9-7-14)10-12-22-11-4-5-16(13-22)19(2)17(23)21(3)18(24)20-19;/h6-9,16H,4-5,10-13H2,1-3H3,(H,20,24);1H. The Morgan fingerprint density at radius 1 is 1.24 bits per heavy atom. The first-order chi connectivity index (χ1) is 11.4. The normalized spacial score (nSPS) is 27.2. The Kier molecular flexibility index (Phi) is 6.48. The number of nitrogens with one attached hydrogen (secondary N) is 1. The molecule has 2 saturated heterocycles. The number of benzene rings is 1. The molecule has 3 rings (SSSR count). The van der Waals surface area contributed by atoms with Gasteiger partial charge < -0.3 is 10.2 Å². The van der Waals surface area contributed by atoms with Crippen molar-refractivity contribution in [2.24, 2.45) is 5.92 Å². The average Bonchev–Trinajstić information content (AvgIpc) is 2.79. The molecule has 2 aliphatic heterocycles. The molecule has 2 heterocycles. The molecule has 0 bridgehead atoms. The van der Waals surface area contributed by atoms with Crippen molar-refractivity contribution in [2.75, 3.05) is 26.7 Å².